The van der Waals surface area contributed by atoms with Gasteiger partial charge in [0, 0.05) is 18.7 Å². The zero-order valence-electron chi connectivity index (χ0n) is 8.00. The number of alkyl halides is 1. The summed E-state index contributed by atoms with van der Waals surface area (Å²) in [5.41, 5.74) is 0.629. The lowest BCUT2D eigenvalue weighted by Gasteiger charge is -1.99. The van der Waals surface area contributed by atoms with Gasteiger partial charge < -0.3 is 0 Å². The van der Waals surface area contributed by atoms with Crippen LogP contribution in [-0.4, -0.2) is 17.4 Å². The van der Waals surface area contributed by atoms with Crippen molar-refractivity contribution in [3.05, 3.63) is 35.6 Å². The zero-order chi connectivity index (χ0) is 11.3. The number of ketones is 2. The van der Waals surface area contributed by atoms with E-state index in [2.05, 4.69) is 0 Å². The van der Waals surface area contributed by atoms with E-state index in [1.54, 1.807) is 0 Å². The highest BCUT2D eigenvalue weighted by molar-refractivity contribution is 6.38. The second-order valence-corrected chi connectivity index (χ2v) is 3.47. The first-order valence-corrected chi connectivity index (χ1v) is 5.03. The average Bonchev–Trinajstić information content (AvgIpc) is 2.22. The van der Waals surface area contributed by atoms with Crippen LogP contribution in [0.25, 0.3) is 0 Å². The number of Topliss-reactive ketones (excluding diaryl/α,β-unsaturated/α-hetero) is 2. The van der Waals surface area contributed by atoms with Crippen LogP contribution < -0.4 is 0 Å². The summed E-state index contributed by atoms with van der Waals surface area (Å²) in [4.78, 5) is 22.4. The largest absolute Gasteiger partial charge is 0.291 e. The SMILES string of the molecule is O=C(CCCl)C(=O)Cc1ccc(F)cc1. The van der Waals surface area contributed by atoms with Crippen molar-refractivity contribution in [2.45, 2.75) is 12.8 Å². The predicted molar refractivity (Wildman–Crippen MR) is 55.5 cm³/mol. The molecule has 80 valence electrons. The van der Waals surface area contributed by atoms with Gasteiger partial charge in [-0.3, -0.25) is 9.59 Å². The molecule has 1 aromatic carbocycles. The highest BCUT2D eigenvalue weighted by Gasteiger charge is 2.13. The standard InChI is InChI=1S/C11H10ClFO2/c12-6-5-10(14)11(15)7-8-1-3-9(13)4-2-8/h1-4H,5-7H2. The Labute approximate surface area is 92.0 Å². The van der Waals surface area contributed by atoms with Crippen LogP contribution in [0.3, 0.4) is 0 Å². The van der Waals surface area contributed by atoms with Gasteiger partial charge in [-0.05, 0) is 17.7 Å². The van der Waals surface area contributed by atoms with Crippen LogP contribution >= 0.6 is 11.6 Å². The van der Waals surface area contributed by atoms with E-state index >= 15 is 0 Å². The molecule has 0 heterocycles. The van der Waals surface area contributed by atoms with E-state index in [0.717, 1.165) is 0 Å². The predicted octanol–water partition coefficient (Wildman–Crippen LogP) is 2.14. The van der Waals surface area contributed by atoms with E-state index in [1.807, 2.05) is 0 Å². The molecule has 0 radical (unpaired) electrons. The normalized spacial score (nSPS) is 10.0. The molecule has 4 heteroatoms. The zero-order valence-corrected chi connectivity index (χ0v) is 8.76. The van der Waals surface area contributed by atoms with Gasteiger partial charge in [-0.15, -0.1) is 11.6 Å². The van der Waals surface area contributed by atoms with Crippen LogP contribution in [0, 0.1) is 5.82 Å². The fourth-order valence-corrected chi connectivity index (χ4v) is 1.28. The molecule has 0 saturated carbocycles. The summed E-state index contributed by atoms with van der Waals surface area (Å²) < 4.78 is 12.5. The van der Waals surface area contributed by atoms with Gasteiger partial charge in [-0.1, -0.05) is 12.1 Å². The first kappa shape index (κ1) is 11.9. The molecule has 0 aromatic heterocycles. The topological polar surface area (TPSA) is 34.1 Å². The lowest BCUT2D eigenvalue weighted by atomic mass is 10.1. The molecule has 0 bridgehead atoms. The van der Waals surface area contributed by atoms with Crippen molar-refractivity contribution < 1.29 is 14.0 Å². The fraction of sp³-hybridized carbons (Fsp3) is 0.273. The molecule has 0 amide bonds. The van der Waals surface area contributed by atoms with Crippen molar-refractivity contribution in [2.24, 2.45) is 0 Å². The van der Waals surface area contributed by atoms with Crippen molar-refractivity contribution in [3.63, 3.8) is 0 Å². The minimum absolute atomic E-state index is 0.00992. The third-order valence-corrected chi connectivity index (χ3v) is 2.10. The van der Waals surface area contributed by atoms with Crippen molar-refractivity contribution in [1.82, 2.24) is 0 Å². The molecule has 0 atom stereocenters. The monoisotopic (exact) mass is 228 g/mol. The Kier molecular flexibility index (Phi) is 4.43. The Hall–Kier alpha value is -1.22. The second-order valence-electron chi connectivity index (χ2n) is 3.09. The summed E-state index contributed by atoms with van der Waals surface area (Å²) in [5.74, 6) is -1.18. The molecular weight excluding hydrogens is 219 g/mol. The van der Waals surface area contributed by atoms with Gasteiger partial charge in [0.15, 0.2) is 5.78 Å². The van der Waals surface area contributed by atoms with Gasteiger partial charge >= 0.3 is 0 Å². The number of carbonyl (C=O) groups excluding carboxylic acids is 2. The quantitative estimate of drug-likeness (QED) is 0.572. The molecule has 1 rings (SSSR count). The van der Waals surface area contributed by atoms with E-state index < -0.39 is 11.6 Å². The molecule has 1 aromatic rings. The molecule has 0 aliphatic rings. The smallest absolute Gasteiger partial charge is 0.202 e. The molecule has 0 fully saturated rings. The third kappa shape index (κ3) is 3.80. The van der Waals surface area contributed by atoms with Gasteiger partial charge in [0.1, 0.15) is 5.82 Å². The molecule has 0 spiro atoms. The van der Waals surface area contributed by atoms with Crippen molar-refractivity contribution in [2.75, 3.05) is 5.88 Å². The van der Waals surface area contributed by atoms with Crippen molar-refractivity contribution in [3.8, 4) is 0 Å². The Morgan fingerprint density at radius 2 is 1.73 bits per heavy atom. The van der Waals surface area contributed by atoms with Crippen LogP contribution in [-0.2, 0) is 16.0 Å². The van der Waals surface area contributed by atoms with Crippen LogP contribution in [0.5, 0.6) is 0 Å². The molecule has 2 nitrogen and oxygen atoms in total. The highest BCUT2D eigenvalue weighted by Crippen LogP contribution is 2.05. The summed E-state index contributed by atoms with van der Waals surface area (Å²) >= 11 is 5.34. The Morgan fingerprint density at radius 3 is 2.27 bits per heavy atom. The second kappa shape index (κ2) is 5.61. The molecule has 0 unspecified atom stereocenters. The number of benzene rings is 1. The maximum Gasteiger partial charge on any atom is 0.202 e. The number of rotatable bonds is 5. The van der Waals surface area contributed by atoms with Gasteiger partial charge in [0.05, 0.1) is 0 Å². The average molecular weight is 229 g/mol. The fourth-order valence-electron chi connectivity index (χ4n) is 1.11. The Bertz CT molecular complexity index is 359. The van der Waals surface area contributed by atoms with Crippen LogP contribution in [0.2, 0.25) is 0 Å². The summed E-state index contributed by atoms with van der Waals surface area (Å²) in [6.07, 6.45) is 0.0670. The van der Waals surface area contributed by atoms with E-state index in [-0.39, 0.29) is 24.5 Å². The number of hydrogen-bond acceptors (Lipinski definition) is 2. The summed E-state index contributed by atoms with van der Waals surface area (Å²) in [5, 5.41) is 0. The molecular formula is C11H10ClFO2. The molecule has 0 aliphatic heterocycles. The van der Waals surface area contributed by atoms with Crippen molar-refractivity contribution in [1.29, 1.82) is 0 Å². The minimum atomic E-state index is -0.484. The maximum absolute atomic E-state index is 12.5. The third-order valence-electron chi connectivity index (χ3n) is 1.91. The lowest BCUT2D eigenvalue weighted by molar-refractivity contribution is -0.135. The first-order chi connectivity index (χ1) is 7.13. The summed E-state index contributed by atoms with van der Waals surface area (Å²) in [6, 6.07) is 5.49. The summed E-state index contributed by atoms with van der Waals surface area (Å²) in [7, 11) is 0. The van der Waals surface area contributed by atoms with Gasteiger partial charge in [-0.25, -0.2) is 4.39 Å². The van der Waals surface area contributed by atoms with E-state index in [4.69, 9.17) is 11.6 Å². The van der Waals surface area contributed by atoms with Crippen LogP contribution in [0.1, 0.15) is 12.0 Å². The summed E-state index contributed by atoms with van der Waals surface area (Å²) in [6.45, 7) is 0. The highest BCUT2D eigenvalue weighted by atomic mass is 35.5. The van der Waals surface area contributed by atoms with E-state index in [0.29, 0.717) is 5.56 Å². The molecule has 0 N–H and O–H groups in total. The van der Waals surface area contributed by atoms with Crippen molar-refractivity contribution >= 4 is 23.2 Å². The Balaban J connectivity index is 2.58. The van der Waals surface area contributed by atoms with E-state index in [1.165, 1.54) is 24.3 Å². The minimum Gasteiger partial charge on any atom is -0.291 e. The number of halogens is 2. The van der Waals surface area contributed by atoms with Gasteiger partial charge in [0.2, 0.25) is 5.78 Å². The Morgan fingerprint density at radius 1 is 1.13 bits per heavy atom. The van der Waals surface area contributed by atoms with Crippen LogP contribution in [0.4, 0.5) is 4.39 Å². The lowest BCUT2D eigenvalue weighted by Crippen LogP contribution is -2.16. The van der Waals surface area contributed by atoms with Crippen LogP contribution in [0.15, 0.2) is 24.3 Å². The number of carbonyl (C=O) groups is 2. The maximum atomic E-state index is 12.5. The van der Waals surface area contributed by atoms with Gasteiger partial charge in [-0.2, -0.15) is 0 Å². The molecule has 0 aliphatic carbocycles. The first-order valence-electron chi connectivity index (χ1n) is 4.50. The number of hydrogen-bond donors (Lipinski definition) is 0. The molecule has 15 heavy (non-hydrogen) atoms. The van der Waals surface area contributed by atoms with Gasteiger partial charge in [0.25, 0.3) is 0 Å². The van der Waals surface area contributed by atoms with E-state index in [9.17, 15) is 14.0 Å². The molecule has 0 saturated heterocycles.